The van der Waals surface area contributed by atoms with Crippen LogP contribution in [0.5, 0.6) is 0 Å². The number of nitrogens with zero attached hydrogens (tertiary/aromatic N) is 8. The van der Waals surface area contributed by atoms with Crippen molar-refractivity contribution >= 4 is 76.8 Å². The van der Waals surface area contributed by atoms with Gasteiger partial charge < -0.3 is 75.6 Å². The summed E-state index contributed by atoms with van der Waals surface area (Å²) in [5, 5.41) is 25.4. The first-order chi connectivity index (χ1) is 52.2. The molecule has 622 valence electrons. The van der Waals surface area contributed by atoms with Crippen LogP contribution in [0.4, 0.5) is 0 Å². The van der Waals surface area contributed by atoms with E-state index in [4.69, 9.17) is 4.74 Å². The number of ether oxygens (including phenoxy) is 1. The molecule has 2 saturated heterocycles. The van der Waals surface area contributed by atoms with Crippen LogP contribution in [-0.4, -0.2) is 277 Å². The number of rotatable bonds is 21. The van der Waals surface area contributed by atoms with Gasteiger partial charge in [0.05, 0.1) is 25.7 Å². The Hall–Kier alpha value is -8.01. The summed E-state index contributed by atoms with van der Waals surface area (Å²) >= 11 is 0. The number of hydrogen-bond donors (Lipinski definition) is 6. The number of carbonyl (C=O) groups is 13. The van der Waals surface area contributed by atoms with Crippen LogP contribution in [0.2, 0.25) is 0 Å². The number of nitrogens with one attached hydrogen (secondary N) is 5. The highest BCUT2D eigenvalue weighted by atomic mass is 16.5. The second-order valence-electron chi connectivity index (χ2n) is 34.3. The Balaban J connectivity index is 1.54. The van der Waals surface area contributed by atoms with Crippen molar-refractivity contribution in [1.82, 2.24) is 65.8 Å². The Bertz CT molecular complexity index is 3440. The molecule has 0 spiro atoms. The number of amides is 13. The molecule has 6 aliphatic carbocycles. The quantitative estimate of drug-likeness (QED) is 0.0819. The van der Waals surface area contributed by atoms with Crippen LogP contribution in [0.3, 0.4) is 0 Å². The van der Waals surface area contributed by atoms with Crippen molar-refractivity contribution in [1.29, 1.82) is 0 Å². The minimum absolute atomic E-state index is 0.0233. The Morgan fingerprint density at radius 1 is 0.486 bits per heavy atom. The van der Waals surface area contributed by atoms with E-state index in [-0.39, 0.29) is 80.5 Å². The molecule has 28 nitrogen and oxygen atoms in total. The van der Waals surface area contributed by atoms with Crippen molar-refractivity contribution in [2.45, 2.75) is 278 Å². The summed E-state index contributed by atoms with van der Waals surface area (Å²) in [6.07, 6.45) is 15.1. The van der Waals surface area contributed by atoms with Crippen molar-refractivity contribution < 1.29 is 72.2 Å². The van der Waals surface area contributed by atoms with Gasteiger partial charge in [-0.25, -0.2) is 0 Å². The molecular weight excluding hydrogens is 1420 g/mol. The lowest BCUT2D eigenvalue weighted by atomic mass is 9.84. The van der Waals surface area contributed by atoms with Gasteiger partial charge in [-0.2, -0.15) is 0 Å². The van der Waals surface area contributed by atoms with Crippen molar-refractivity contribution in [3.05, 3.63) is 46.1 Å². The zero-order chi connectivity index (χ0) is 82.6. The number of hydrogen-bond acceptors (Lipinski definition) is 15. The molecule has 12 atom stereocenters. The second-order valence-corrected chi connectivity index (χ2v) is 34.3. The van der Waals surface area contributed by atoms with Crippen LogP contribution in [-0.2, 0) is 67.1 Å². The third-order valence-corrected chi connectivity index (χ3v) is 23.0. The van der Waals surface area contributed by atoms with Crippen LogP contribution >= 0.6 is 0 Å². The summed E-state index contributed by atoms with van der Waals surface area (Å²) in [5.74, 6) is -10.4. The number of piperidine rings is 1. The number of allylic oxidation sites excluding steroid dienone is 7. The van der Waals surface area contributed by atoms with Gasteiger partial charge in [-0.3, -0.25) is 62.3 Å². The van der Waals surface area contributed by atoms with Crippen molar-refractivity contribution in [3.8, 4) is 0 Å². The van der Waals surface area contributed by atoms with Crippen LogP contribution < -0.4 is 26.6 Å². The van der Waals surface area contributed by atoms with E-state index in [1.165, 1.54) is 99.6 Å². The summed E-state index contributed by atoms with van der Waals surface area (Å²) < 4.78 is 5.85. The molecule has 13 amide bonds. The first-order valence-corrected chi connectivity index (χ1v) is 40.8. The molecule has 8 rings (SSSR count). The van der Waals surface area contributed by atoms with Gasteiger partial charge in [0.1, 0.15) is 67.0 Å². The molecule has 2 heterocycles. The minimum atomic E-state index is -1.67. The minimum Gasteiger partial charge on any atom is -0.391 e. The van der Waals surface area contributed by atoms with E-state index in [2.05, 4.69) is 44.8 Å². The van der Waals surface area contributed by atoms with Gasteiger partial charge >= 0.3 is 0 Å². The normalized spacial score (nSPS) is 27.0. The lowest BCUT2D eigenvalue weighted by molar-refractivity contribution is -0.152. The molecule has 2 saturated carbocycles. The van der Waals surface area contributed by atoms with Gasteiger partial charge in [0.2, 0.25) is 76.8 Å². The second kappa shape index (κ2) is 42.7. The summed E-state index contributed by atoms with van der Waals surface area (Å²) in [5.41, 5.74) is 5.78. The molecular formula is C83H135N13O15. The predicted molar refractivity (Wildman–Crippen MR) is 424 cm³/mol. The molecule has 0 aromatic rings. The Kier molecular flexibility index (Phi) is 35.4. The Morgan fingerprint density at radius 3 is 1.58 bits per heavy atom. The molecule has 28 heteroatoms. The van der Waals surface area contributed by atoms with E-state index in [0.717, 1.165) is 90.1 Å². The molecule has 8 aliphatic rings. The molecule has 111 heavy (non-hydrogen) atoms. The monoisotopic (exact) mass is 1550 g/mol. The molecule has 4 bridgehead atoms. The number of likely N-dealkylation sites (tertiary alicyclic amines) is 1. The maximum Gasteiger partial charge on any atom is 0.248 e. The van der Waals surface area contributed by atoms with Crippen LogP contribution in [0.1, 0.15) is 211 Å². The number of carbonyl (C=O) groups excluding carboxylic acids is 13. The molecule has 4 fully saturated rings. The third kappa shape index (κ3) is 25.8. The number of aliphatic hydroxyl groups excluding tert-OH is 1. The van der Waals surface area contributed by atoms with Crippen molar-refractivity contribution in [3.63, 3.8) is 0 Å². The average molecular weight is 1560 g/mol. The summed E-state index contributed by atoms with van der Waals surface area (Å²) in [7, 11) is 11.4. The highest BCUT2D eigenvalue weighted by Crippen LogP contribution is 2.40. The number of aliphatic hydroxyl groups is 1. The van der Waals surface area contributed by atoms with Crippen LogP contribution in [0, 0.1) is 35.5 Å². The van der Waals surface area contributed by atoms with E-state index >= 15 is 43.2 Å². The summed E-state index contributed by atoms with van der Waals surface area (Å²) in [6, 6.07) is -13.8. The van der Waals surface area contributed by atoms with Gasteiger partial charge in [0.15, 0.2) is 0 Å². The third-order valence-electron chi connectivity index (χ3n) is 23.0. The molecule has 11 unspecified atom stereocenters. The topological polar surface area (TPSA) is 337 Å². The highest BCUT2D eigenvalue weighted by molar-refractivity contribution is 6.00. The van der Waals surface area contributed by atoms with E-state index in [0.29, 0.717) is 32.4 Å². The smallest absolute Gasteiger partial charge is 0.248 e. The lowest BCUT2D eigenvalue weighted by Crippen LogP contribution is -2.62. The van der Waals surface area contributed by atoms with E-state index in [1.807, 2.05) is 69.2 Å². The van der Waals surface area contributed by atoms with Crippen LogP contribution in [0.25, 0.3) is 0 Å². The Morgan fingerprint density at radius 2 is 0.982 bits per heavy atom. The van der Waals surface area contributed by atoms with Crippen LogP contribution in [0.15, 0.2) is 46.1 Å². The van der Waals surface area contributed by atoms with Crippen molar-refractivity contribution in [2.75, 3.05) is 89.2 Å². The number of fused-ring (bicyclic) bond motifs is 8. The first kappa shape index (κ1) is 91.9. The largest absolute Gasteiger partial charge is 0.391 e. The maximum atomic E-state index is 15.9. The summed E-state index contributed by atoms with van der Waals surface area (Å²) in [4.78, 5) is 207. The zero-order valence-corrected chi connectivity index (χ0v) is 70.2. The summed E-state index contributed by atoms with van der Waals surface area (Å²) in [6.45, 7) is 18.8. The molecule has 0 radical (unpaired) electrons. The molecule has 0 aromatic carbocycles. The van der Waals surface area contributed by atoms with Gasteiger partial charge in [0, 0.05) is 75.9 Å². The van der Waals surface area contributed by atoms with Crippen molar-refractivity contribution in [2.24, 2.45) is 35.5 Å². The fourth-order valence-electron chi connectivity index (χ4n) is 16.3. The van der Waals surface area contributed by atoms with E-state index < -0.39 is 169 Å². The van der Waals surface area contributed by atoms with Gasteiger partial charge in [0.25, 0.3) is 0 Å². The van der Waals surface area contributed by atoms with Gasteiger partial charge in [-0.15, -0.1) is 0 Å². The highest BCUT2D eigenvalue weighted by Gasteiger charge is 2.45. The fourth-order valence-corrected chi connectivity index (χ4v) is 16.3. The molecule has 2 aliphatic heterocycles. The maximum absolute atomic E-state index is 15.9. The zero-order valence-electron chi connectivity index (χ0n) is 70.2. The molecule has 0 aromatic heterocycles. The molecule has 6 N–H and O–H groups in total. The lowest BCUT2D eigenvalue weighted by Gasteiger charge is -2.39. The SMILES string of the molecule is CNC(=O)COCC1NC(=O)C(CC(C)C)N(C)C(=O)C[C@@H](C(=O)N2CCCCC2)NC(=O)C(CC(C)C)N(C)C(=O)CN(C)C(=O)C(C(C)O)NC(=O)C(CC(C)C)N(C)C(=O)C(CCC2CC3=CC=C2CCC3)N(C)C(=O)C(CC(C)C)NC(=O)C(CC2=C3CCCC(=C2)CC3)N(C)C(=O)C(CC(C)C)N(C)C1=O. The van der Waals surface area contributed by atoms with Gasteiger partial charge in [-0.05, 0) is 170 Å². The van der Waals surface area contributed by atoms with E-state index in [9.17, 15) is 24.3 Å². The van der Waals surface area contributed by atoms with E-state index in [1.54, 1.807) is 4.90 Å². The fraction of sp³-hybridized carbons (Fsp3) is 0.747. The number of likely N-dealkylation sites (N-methyl/N-ethyl adjacent to an activating group) is 8. The average Bonchev–Trinajstić information content (AvgIpc) is 1.57. The Labute approximate surface area is 660 Å². The van der Waals surface area contributed by atoms with Gasteiger partial charge in [-0.1, -0.05) is 110 Å². The first-order valence-electron chi connectivity index (χ1n) is 40.8. The standard InChI is InChI=1S/C83H135N13O15/c1-49(2)37-61-78(105)92(16)64(34-33-59-42-55-25-23-27-57(59)31-29-55)81(108)93(17)67(40-52(7)8)77(104)88-73(54(11)97)83(110)89(13)46-72(100)91(15)66(39-51(5)6)74(101)86-62(80(107)96-35-21-20-22-36-96)45-71(99)90(14)65(38-50(3)4)75(102)87-63(47-111-48-70(98)84-12)79(106)95(19)69(41-53(9)10)82(109)94(18)68(76(103)85-61)44-60-43-56-26-24-28-58(60)32-30-56/h29,31,43,49-54,59,61-69,73,97H,20-28,30,32-42,44-48H2,1-19H3,(H,84,98)(H,85,103)(H,86,101)(H,87,102)(H,88,104)/t54?,59?,61?,62-,63?,64?,65?,66?,67?,68?,69?,73?/m0/s1. The predicted octanol–water partition coefficient (Wildman–Crippen LogP) is 5.56.